The van der Waals surface area contributed by atoms with Crippen molar-refractivity contribution in [1.82, 2.24) is 0 Å². The van der Waals surface area contributed by atoms with E-state index >= 15 is 0 Å². The first-order valence-corrected chi connectivity index (χ1v) is 15.8. The molecule has 0 unspecified atom stereocenters. The van der Waals surface area contributed by atoms with Gasteiger partial charge in [-0.25, -0.2) is 0 Å². The fourth-order valence-electron chi connectivity index (χ4n) is 3.66. The predicted molar refractivity (Wildman–Crippen MR) is 116 cm³/mol. The molecule has 0 N–H and O–H groups in total. The number of ether oxygens (including phenoxy) is 1. The summed E-state index contributed by atoms with van der Waals surface area (Å²) >= 11 is 0. The van der Waals surface area contributed by atoms with E-state index in [2.05, 4.69) is 37.8 Å². The molecule has 0 radical (unpaired) electrons. The van der Waals surface area contributed by atoms with Crippen LogP contribution in [0.2, 0.25) is 37.8 Å². The Labute approximate surface area is 165 Å². The molecule has 5 heteroatoms. The lowest BCUT2D eigenvalue weighted by Gasteiger charge is -2.42. The van der Waals surface area contributed by atoms with Gasteiger partial charge in [-0.15, -0.1) is 0 Å². The van der Waals surface area contributed by atoms with Crippen LogP contribution in [0.1, 0.15) is 18.4 Å². The van der Waals surface area contributed by atoms with Crippen molar-refractivity contribution in [3.63, 3.8) is 0 Å². The Kier molecular flexibility index (Phi) is 6.20. The molecule has 0 atom stereocenters. The van der Waals surface area contributed by atoms with Crippen LogP contribution in [-0.2, 0) is 4.12 Å². The first kappa shape index (κ1) is 19.9. The van der Waals surface area contributed by atoms with Gasteiger partial charge in [0.1, 0.15) is 5.75 Å². The van der Waals surface area contributed by atoms with Crippen LogP contribution in [0.15, 0.2) is 48.5 Å². The lowest BCUT2D eigenvalue weighted by molar-refractivity contribution is 0.314. The second-order valence-corrected chi connectivity index (χ2v) is 17.1. The maximum Gasteiger partial charge on any atom is 0.176 e. The number of nitriles is 1. The quantitative estimate of drug-likeness (QED) is 0.395. The highest BCUT2D eigenvalue weighted by molar-refractivity contribution is 6.86. The van der Waals surface area contributed by atoms with Gasteiger partial charge < -0.3 is 8.85 Å². The molecule has 1 fully saturated rings. The van der Waals surface area contributed by atoms with Crippen molar-refractivity contribution in [2.45, 2.75) is 50.6 Å². The van der Waals surface area contributed by atoms with E-state index in [-0.39, 0.29) is 0 Å². The topological polar surface area (TPSA) is 42.2 Å². The van der Waals surface area contributed by atoms with E-state index < -0.39 is 16.6 Å². The van der Waals surface area contributed by atoms with Gasteiger partial charge >= 0.3 is 0 Å². The van der Waals surface area contributed by atoms with Gasteiger partial charge in [-0.1, -0.05) is 30.7 Å². The first-order valence-electron chi connectivity index (χ1n) is 9.83. The average Bonchev–Trinajstić information content (AvgIpc) is 2.64. The zero-order valence-corrected chi connectivity index (χ0v) is 18.6. The summed E-state index contributed by atoms with van der Waals surface area (Å²) in [6.07, 6.45) is 2.43. The Balaban J connectivity index is 1.45. The highest BCUT2D eigenvalue weighted by Gasteiger charge is 2.41. The Morgan fingerprint density at radius 2 is 1.59 bits per heavy atom. The summed E-state index contributed by atoms with van der Waals surface area (Å²) in [7, 11) is -2.85. The highest BCUT2D eigenvalue weighted by Crippen LogP contribution is 2.36. The van der Waals surface area contributed by atoms with Crippen LogP contribution < -0.4 is 4.74 Å². The minimum atomic E-state index is -1.55. The van der Waals surface area contributed by atoms with E-state index in [9.17, 15) is 0 Å². The number of rotatable bonds is 8. The van der Waals surface area contributed by atoms with Crippen LogP contribution in [0.4, 0.5) is 0 Å². The van der Waals surface area contributed by atoms with Crippen molar-refractivity contribution >= 4 is 16.6 Å². The van der Waals surface area contributed by atoms with Crippen LogP contribution in [0.5, 0.6) is 5.75 Å². The van der Waals surface area contributed by atoms with Gasteiger partial charge in [0, 0.05) is 0 Å². The summed E-state index contributed by atoms with van der Waals surface area (Å²) < 4.78 is 12.5. The number of benzene rings is 2. The minimum absolute atomic E-state index is 0.683. The van der Waals surface area contributed by atoms with Crippen molar-refractivity contribution < 1.29 is 8.85 Å². The smallest absolute Gasteiger partial charge is 0.176 e. The highest BCUT2D eigenvalue weighted by atomic mass is 28.4. The van der Waals surface area contributed by atoms with Crippen LogP contribution in [-0.4, -0.2) is 23.2 Å². The van der Waals surface area contributed by atoms with E-state index in [0.717, 1.165) is 29.9 Å². The molecule has 1 aliphatic rings. The number of hydrogen-bond donors (Lipinski definition) is 0. The number of nitrogens with zero attached hydrogens (tertiary/aromatic N) is 1. The monoisotopic (exact) mass is 395 g/mol. The maximum absolute atomic E-state index is 8.89. The molecule has 1 aliphatic heterocycles. The molecule has 3 rings (SSSR count). The molecule has 0 amide bonds. The number of hydrogen-bond acceptors (Lipinski definition) is 3. The third kappa shape index (κ3) is 5.55. The summed E-state index contributed by atoms with van der Waals surface area (Å²) in [5, 5.41) is 8.89. The summed E-state index contributed by atoms with van der Waals surface area (Å²) in [5.41, 5.74) is 2.93. The van der Waals surface area contributed by atoms with E-state index in [1.807, 2.05) is 36.4 Å². The third-order valence-corrected chi connectivity index (χ3v) is 13.9. The SMILES string of the molecule is C[Si](C)(CCCOc1ccc(-c2ccc(C#N)cc2)cc1)O[Si]1(C)CCC1. The Bertz CT molecular complexity index is 791. The molecule has 3 nitrogen and oxygen atoms in total. The molecule has 27 heavy (non-hydrogen) atoms. The molecular weight excluding hydrogens is 366 g/mol. The van der Waals surface area contributed by atoms with Crippen molar-refractivity contribution in [3.05, 3.63) is 54.1 Å². The predicted octanol–water partition coefficient (Wildman–Crippen LogP) is 6.19. The van der Waals surface area contributed by atoms with Gasteiger partial charge in [0.2, 0.25) is 0 Å². The maximum atomic E-state index is 8.89. The molecule has 142 valence electrons. The van der Waals surface area contributed by atoms with E-state index in [0.29, 0.717) is 5.56 Å². The van der Waals surface area contributed by atoms with Crippen LogP contribution >= 0.6 is 0 Å². The average molecular weight is 396 g/mol. The largest absolute Gasteiger partial charge is 0.494 e. The van der Waals surface area contributed by atoms with Gasteiger partial charge in [-0.05, 0) is 79.6 Å². The standard InChI is InChI=1S/C22H29NO2Si2/c1-26(2,25-27(3)16-5-17-27)15-4-14-24-22-12-10-21(11-13-22)20-8-6-19(18-23)7-9-20/h6-13H,4-5,14-17H2,1-3H3. The van der Waals surface area contributed by atoms with Crippen LogP contribution in [0, 0.1) is 11.3 Å². The van der Waals surface area contributed by atoms with E-state index in [1.165, 1.54) is 24.6 Å². The van der Waals surface area contributed by atoms with E-state index in [4.69, 9.17) is 14.1 Å². The summed E-state index contributed by atoms with van der Waals surface area (Å²) in [6, 6.07) is 21.9. The van der Waals surface area contributed by atoms with Crippen LogP contribution in [0.25, 0.3) is 11.1 Å². The fraction of sp³-hybridized carbons (Fsp3) is 0.409. The van der Waals surface area contributed by atoms with Crippen molar-refractivity contribution in [3.8, 4) is 22.9 Å². The van der Waals surface area contributed by atoms with Gasteiger partial charge in [-0.3, -0.25) is 0 Å². The molecule has 0 bridgehead atoms. The van der Waals surface area contributed by atoms with Gasteiger partial charge in [0.15, 0.2) is 16.6 Å². The molecule has 0 saturated carbocycles. The normalized spacial score (nSPS) is 15.6. The van der Waals surface area contributed by atoms with Gasteiger partial charge in [-0.2, -0.15) is 5.26 Å². The van der Waals surface area contributed by atoms with Gasteiger partial charge in [0.25, 0.3) is 0 Å². The summed E-state index contributed by atoms with van der Waals surface area (Å²) in [5.74, 6) is 0.910. The lowest BCUT2D eigenvalue weighted by Crippen LogP contribution is -2.50. The zero-order chi connectivity index (χ0) is 19.3. The minimum Gasteiger partial charge on any atom is -0.494 e. The third-order valence-electron chi connectivity index (χ3n) is 5.33. The summed E-state index contributed by atoms with van der Waals surface area (Å²) in [4.78, 5) is 0. The molecule has 0 aromatic heterocycles. The second-order valence-electron chi connectivity index (χ2n) is 8.33. The molecular formula is C22H29NO2Si2. The Morgan fingerprint density at radius 3 is 2.11 bits per heavy atom. The summed E-state index contributed by atoms with van der Waals surface area (Å²) in [6.45, 7) is 7.86. The Morgan fingerprint density at radius 1 is 1.00 bits per heavy atom. The van der Waals surface area contributed by atoms with Gasteiger partial charge in [0.05, 0.1) is 18.2 Å². The lowest BCUT2D eigenvalue weighted by atomic mass is 10.0. The molecule has 1 heterocycles. The van der Waals surface area contributed by atoms with Crippen molar-refractivity contribution in [2.24, 2.45) is 0 Å². The molecule has 1 saturated heterocycles. The molecule has 2 aromatic carbocycles. The second kappa shape index (κ2) is 8.43. The van der Waals surface area contributed by atoms with Crippen molar-refractivity contribution in [1.29, 1.82) is 5.26 Å². The van der Waals surface area contributed by atoms with Crippen LogP contribution in [0.3, 0.4) is 0 Å². The van der Waals surface area contributed by atoms with Crippen molar-refractivity contribution in [2.75, 3.05) is 6.61 Å². The zero-order valence-electron chi connectivity index (χ0n) is 16.6. The van der Waals surface area contributed by atoms with E-state index in [1.54, 1.807) is 0 Å². The molecule has 0 spiro atoms. The molecule has 2 aromatic rings. The fourth-order valence-corrected chi connectivity index (χ4v) is 12.6. The Hall–Kier alpha value is -1.88. The molecule has 0 aliphatic carbocycles. The first-order chi connectivity index (χ1) is 12.9.